The highest BCUT2D eigenvalue weighted by Crippen LogP contribution is 2.24. The van der Waals surface area contributed by atoms with Crippen LogP contribution in [-0.2, 0) is 0 Å². The summed E-state index contributed by atoms with van der Waals surface area (Å²) < 4.78 is 0. The topological polar surface area (TPSA) is 43.1 Å². The molecule has 4 heteroatoms. The van der Waals surface area contributed by atoms with Gasteiger partial charge in [0.05, 0.1) is 15.6 Å². The van der Waals surface area contributed by atoms with Crippen LogP contribution in [0, 0.1) is 6.92 Å². The summed E-state index contributed by atoms with van der Waals surface area (Å²) in [5.74, 6) is -0.00519. The van der Waals surface area contributed by atoms with Crippen LogP contribution in [0.15, 0.2) is 29.6 Å². The summed E-state index contributed by atoms with van der Waals surface area (Å²) in [6.45, 7) is 1.92. The Balaban J connectivity index is 2.42. The lowest BCUT2D eigenvalue weighted by Crippen LogP contribution is -2.01. The number of nitrogens with two attached hydrogens (primary N) is 1. The van der Waals surface area contributed by atoms with Crippen molar-refractivity contribution in [1.29, 1.82) is 0 Å². The Kier molecular flexibility index (Phi) is 2.99. The second-order valence-electron chi connectivity index (χ2n) is 3.50. The number of carbonyl (C=O) groups is 1. The molecule has 82 valence electrons. The molecule has 0 aliphatic rings. The summed E-state index contributed by atoms with van der Waals surface area (Å²) in [7, 11) is 0. The molecule has 0 amide bonds. The van der Waals surface area contributed by atoms with Gasteiger partial charge in [-0.2, -0.15) is 0 Å². The van der Waals surface area contributed by atoms with E-state index in [-0.39, 0.29) is 5.78 Å². The number of thiophene rings is 1. The van der Waals surface area contributed by atoms with Gasteiger partial charge >= 0.3 is 0 Å². The molecule has 0 spiro atoms. The van der Waals surface area contributed by atoms with Gasteiger partial charge in [0.2, 0.25) is 5.78 Å². The summed E-state index contributed by atoms with van der Waals surface area (Å²) in [6, 6.07) is 6.89. The van der Waals surface area contributed by atoms with E-state index in [0.29, 0.717) is 16.3 Å². The van der Waals surface area contributed by atoms with E-state index in [4.69, 9.17) is 17.3 Å². The van der Waals surface area contributed by atoms with Gasteiger partial charge in [-0.15, -0.1) is 11.3 Å². The predicted molar refractivity (Wildman–Crippen MR) is 68.4 cm³/mol. The number of aryl methyl sites for hydroxylation is 1. The molecule has 0 saturated heterocycles. The minimum atomic E-state index is -0.00519. The quantitative estimate of drug-likeness (QED) is 0.656. The van der Waals surface area contributed by atoms with Crippen molar-refractivity contribution in [2.45, 2.75) is 6.92 Å². The fraction of sp³-hybridized carbons (Fsp3) is 0.0833. The molecule has 16 heavy (non-hydrogen) atoms. The molecule has 0 unspecified atom stereocenters. The second kappa shape index (κ2) is 4.28. The fourth-order valence-electron chi connectivity index (χ4n) is 1.40. The Morgan fingerprint density at radius 1 is 1.38 bits per heavy atom. The molecule has 0 radical (unpaired) electrons. The van der Waals surface area contributed by atoms with E-state index in [9.17, 15) is 4.79 Å². The molecule has 2 rings (SSSR count). The van der Waals surface area contributed by atoms with E-state index >= 15 is 0 Å². The van der Waals surface area contributed by atoms with Gasteiger partial charge < -0.3 is 5.73 Å². The van der Waals surface area contributed by atoms with Crippen molar-refractivity contribution in [1.82, 2.24) is 0 Å². The van der Waals surface area contributed by atoms with Crippen LogP contribution >= 0.6 is 22.9 Å². The molecule has 0 fully saturated rings. The van der Waals surface area contributed by atoms with E-state index in [1.54, 1.807) is 18.2 Å². The van der Waals surface area contributed by atoms with Gasteiger partial charge in [0.25, 0.3) is 0 Å². The zero-order valence-corrected chi connectivity index (χ0v) is 10.2. The molecular weight excluding hydrogens is 242 g/mol. The highest BCUT2D eigenvalue weighted by atomic mass is 35.5. The third-order valence-corrected chi connectivity index (χ3v) is 3.67. The number of anilines is 1. The van der Waals surface area contributed by atoms with E-state index in [1.807, 2.05) is 18.4 Å². The predicted octanol–water partition coefficient (Wildman–Crippen LogP) is 3.52. The van der Waals surface area contributed by atoms with Crippen LogP contribution in [0.25, 0.3) is 0 Å². The van der Waals surface area contributed by atoms with Crippen molar-refractivity contribution in [3.8, 4) is 0 Å². The molecular formula is C12H10ClNOS. The van der Waals surface area contributed by atoms with Gasteiger partial charge in [-0.05, 0) is 42.1 Å². The Morgan fingerprint density at radius 3 is 2.69 bits per heavy atom. The molecule has 1 aromatic heterocycles. The van der Waals surface area contributed by atoms with Crippen LogP contribution in [0.2, 0.25) is 5.02 Å². The third kappa shape index (κ3) is 1.96. The fourth-order valence-corrected chi connectivity index (χ4v) is 2.47. The van der Waals surface area contributed by atoms with E-state index in [1.165, 1.54) is 11.3 Å². The van der Waals surface area contributed by atoms with E-state index in [2.05, 4.69) is 0 Å². The van der Waals surface area contributed by atoms with Gasteiger partial charge in [0.1, 0.15) is 0 Å². The first kappa shape index (κ1) is 11.2. The first-order valence-corrected chi connectivity index (χ1v) is 5.99. The zero-order valence-electron chi connectivity index (χ0n) is 8.66. The van der Waals surface area contributed by atoms with Gasteiger partial charge in [-0.1, -0.05) is 11.6 Å². The largest absolute Gasteiger partial charge is 0.398 e. The molecule has 1 heterocycles. The molecule has 1 aromatic carbocycles. The first-order valence-electron chi connectivity index (χ1n) is 4.73. The summed E-state index contributed by atoms with van der Waals surface area (Å²) in [4.78, 5) is 12.9. The number of carbonyl (C=O) groups excluding carboxylic acids is 1. The van der Waals surface area contributed by atoms with Gasteiger partial charge in [0, 0.05) is 5.56 Å². The molecule has 2 N–H and O–H groups in total. The number of hydrogen-bond donors (Lipinski definition) is 1. The molecule has 0 bridgehead atoms. The summed E-state index contributed by atoms with van der Waals surface area (Å²) >= 11 is 7.32. The number of ketones is 1. The van der Waals surface area contributed by atoms with Crippen molar-refractivity contribution in [3.05, 3.63) is 50.7 Å². The van der Waals surface area contributed by atoms with E-state index < -0.39 is 0 Å². The van der Waals surface area contributed by atoms with Gasteiger partial charge in [-0.3, -0.25) is 4.79 Å². The van der Waals surface area contributed by atoms with Gasteiger partial charge in [-0.25, -0.2) is 0 Å². The monoisotopic (exact) mass is 251 g/mol. The molecule has 0 saturated carbocycles. The maximum atomic E-state index is 12.1. The van der Waals surface area contributed by atoms with Gasteiger partial charge in [0.15, 0.2) is 0 Å². The highest BCUT2D eigenvalue weighted by molar-refractivity contribution is 7.12. The lowest BCUT2D eigenvalue weighted by Gasteiger charge is -2.02. The zero-order chi connectivity index (χ0) is 11.7. The molecule has 0 aliphatic heterocycles. The molecule has 2 nitrogen and oxygen atoms in total. The summed E-state index contributed by atoms with van der Waals surface area (Å²) in [5, 5.41) is 2.32. The van der Waals surface area contributed by atoms with Crippen LogP contribution in [0.3, 0.4) is 0 Å². The number of halogens is 1. The average molecular weight is 252 g/mol. The van der Waals surface area contributed by atoms with Crippen LogP contribution < -0.4 is 5.73 Å². The molecule has 2 aromatic rings. The maximum absolute atomic E-state index is 12.1. The number of nitrogen functional groups attached to an aromatic ring is 1. The summed E-state index contributed by atoms with van der Waals surface area (Å²) in [6.07, 6.45) is 0. The smallest absolute Gasteiger partial charge is 0.203 e. The number of hydrogen-bond acceptors (Lipinski definition) is 3. The van der Waals surface area contributed by atoms with Crippen LogP contribution in [0.5, 0.6) is 0 Å². The van der Waals surface area contributed by atoms with Crippen LogP contribution in [-0.4, -0.2) is 5.78 Å². The first-order chi connectivity index (χ1) is 7.59. The average Bonchev–Trinajstić information content (AvgIpc) is 2.67. The Labute approximate surface area is 103 Å². The summed E-state index contributed by atoms with van der Waals surface area (Å²) in [5.41, 5.74) is 7.65. The Bertz CT molecular complexity index is 548. The molecule has 0 aliphatic carbocycles. The minimum absolute atomic E-state index is 0.00519. The number of rotatable bonds is 2. The lowest BCUT2D eigenvalue weighted by molar-refractivity contribution is 0.104. The van der Waals surface area contributed by atoms with Crippen LogP contribution in [0.4, 0.5) is 5.69 Å². The third-order valence-electron chi connectivity index (χ3n) is 2.33. The second-order valence-corrected chi connectivity index (χ2v) is 4.82. The normalized spacial score (nSPS) is 10.4. The Morgan fingerprint density at radius 2 is 2.12 bits per heavy atom. The van der Waals surface area contributed by atoms with Crippen molar-refractivity contribution in [2.75, 3.05) is 5.73 Å². The lowest BCUT2D eigenvalue weighted by atomic mass is 10.1. The van der Waals surface area contributed by atoms with Crippen molar-refractivity contribution < 1.29 is 4.79 Å². The minimum Gasteiger partial charge on any atom is -0.398 e. The van der Waals surface area contributed by atoms with E-state index in [0.717, 1.165) is 10.4 Å². The highest BCUT2D eigenvalue weighted by Gasteiger charge is 2.13. The van der Waals surface area contributed by atoms with Crippen LogP contribution in [0.1, 0.15) is 20.8 Å². The maximum Gasteiger partial charge on any atom is 0.203 e. The SMILES string of the molecule is Cc1ccsc1C(=O)c1ccc(N)c(Cl)c1. The number of benzene rings is 1. The van der Waals surface area contributed by atoms with Crippen molar-refractivity contribution in [3.63, 3.8) is 0 Å². The van der Waals surface area contributed by atoms with Crippen molar-refractivity contribution >= 4 is 34.4 Å². The molecule has 0 atom stereocenters. The van der Waals surface area contributed by atoms with Crippen molar-refractivity contribution in [2.24, 2.45) is 0 Å². The Hall–Kier alpha value is -1.32. The standard InChI is InChI=1S/C12H10ClNOS/c1-7-4-5-16-12(7)11(15)8-2-3-10(14)9(13)6-8/h2-6H,14H2,1H3.